The van der Waals surface area contributed by atoms with E-state index in [0.717, 1.165) is 0 Å². The van der Waals surface area contributed by atoms with Crippen molar-refractivity contribution in [2.75, 3.05) is 18.0 Å². The third-order valence-electron chi connectivity index (χ3n) is 2.84. The predicted molar refractivity (Wildman–Crippen MR) is 71.2 cm³/mol. The molecule has 1 aromatic heterocycles. The van der Waals surface area contributed by atoms with E-state index in [1.165, 1.54) is 0 Å². The summed E-state index contributed by atoms with van der Waals surface area (Å²) < 4.78 is 0. The zero-order valence-electron chi connectivity index (χ0n) is 11.0. The van der Waals surface area contributed by atoms with Crippen LogP contribution in [0, 0.1) is 6.92 Å². The molecule has 0 aromatic carbocycles. The molecule has 0 spiro atoms. The molecule has 1 aromatic rings. The van der Waals surface area contributed by atoms with E-state index >= 15 is 0 Å². The van der Waals surface area contributed by atoms with Gasteiger partial charge < -0.3 is 4.90 Å². The molecular weight excluding hydrogens is 268 g/mol. The summed E-state index contributed by atoms with van der Waals surface area (Å²) in [5.74, 6) is 0.593. The molecular formula is C12H15ClN4O2. The Labute approximate surface area is 116 Å². The highest BCUT2D eigenvalue weighted by atomic mass is 35.5. The molecule has 0 atom stereocenters. The molecule has 1 aliphatic rings. The zero-order chi connectivity index (χ0) is 14.2. The van der Waals surface area contributed by atoms with Gasteiger partial charge in [0.05, 0.1) is 13.1 Å². The Balaban J connectivity index is 2.43. The number of amides is 2. The van der Waals surface area contributed by atoms with E-state index in [-0.39, 0.29) is 30.8 Å². The molecule has 0 saturated carbocycles. The highest BCUT2D eigenvalue weighted by Crippen LogP contribution is 2.26. The van der Waals surface area contributed by atoms with Crippen molar-refractivity contribution >= 4 is 29.2 Å². The first-order valence-electron chi connectivity index (χ1n) is 6.00. The second-order valence-electron chi connectivity index (χ2n) is 4.80. The van der Waals surface area contributed by atoms with E-state index in [1.54, 1.807) is 11.8 Å². The first kappa shape index (κ1) is 13.7. The van der Waals surface area contributed by atoms with Crippen LogP contribution in [0.3, 0.4) is 0 Å². The van der Waals surface area contributed by atoms with E-state index < -0.39 is 0 Å². The zero-order valence-corrected chi connectivity index (χ0v) is 11.8. The van der Waals surface area contributed by atoms with Crippen molar-refractivity contribution in [3.8, 4) is 0 Å². The molecule has 2 rings (SSSR count). The van der Waals surface area contributed by atoms with Crippen molar-refractivity contribution in [1.29, 1.82) is 0 Å². The van der Waals surface area contributed by atoms with Gasteiger partial charge in [-0.3, -0.25) is 14.9 Å². The maximum Gasteiger partial charge on any atom is 0.246 e. The van der Waals surface area contributed by atoms with Crippen molar-refractivity contribution in [1.82, 2.24) is 15.3 Å². The van der Waals surface area contributed by atoms with Gasteiger partial charge in [0.25, 0.3) is 0 Å². The van der Waals surface area contributed by atoms with Gasteiger partial charge in [0.2, 0.25) is 11.8 Å². The molecule has 2 heterocycles. The van der Waals surface area contributed by atoms with Gasteiger partial charge in [0.15, 0.2) is 0 Å². The lowest BCUT2D eigenvalue weighted by atomic mass is 10.2. The molecule has 102 valence electrons. The third-order valence-corrected chi connectivity index (χ3v) is 3.21. The lowest BCUT2D eigenvalue weighted by Crippen LogP contribution is -2.52. The molecule has 0 unspecified atom stereocenters. The minimum atomic E-state index is -0.337. The van der Waals surface area contributed by atoms with Crippen molar-refractivity contribution in [3.63, 3.8) is 0 Å². The highest BCUT2D eigenvalue weighted by Gasteiger charge is 2.26. The molecule has 19 heavy (non-hydrogen) atoms. The smallest absolute Gasteiger partial charge is 0.246 e. The topological polar surface area (TPSA) is 75.2 Å². The average molecular weight is 283 g/mol. The molecule has 6 nitrogen and oxygen atoms in total. The minimum absolute atomic E-state index is 0.0947. The van der Waals surface area contributed by atoms with Crippen LogP contribution in [0.1, 0.15) is 31.2 Å². The number of nitrogens with one attached hydrogen (secondary N) is 1. The number of hydrogen-bond donors (Lipinski definition) is 1. The quantitative estimate of drug-likeness (QED) is 0.648. The number of anilines is 1. The van der Waals surface area contributed by atoms with E-state index in [4.69, 9.17) is 11.6 Å². The standard InChI is InChI=1S/C12H15ClN4O2/c1-6(2)11-15-10(13)7(3)12(16-11)17-4-8(18)14-9(19)5-17/h6H,4-5H2,1-3H3,(H,14,18,19). The fourth-order valence-corrected chi connectivity index (χ4v) is 2.02. The number of rotatable bonds is 2. The van der Waals surface area contributed by atoms with Crippen LogP contribution in [0.5, 0.6) is 0 Å². The van der Waals surface area contributed by atoms with Gasteiger partial charge in [-0.25, -0.2) is 9.97 Å². The molecule has 0 aliphatic carbocycles. The molecule has 1 saturated heterocycles. The van der Waals surface area contributed by atoms with E-state index in [1.807, 2.05) is 13.8 Å². The SMILES string of the molecule is Cc1c(Cl)nc(C(C)C)nc1N1CC(=O)NC(=O)C1. The Hall–Kier alpha value is -1.69. The number of piperazine rings is 1. The third kappa shape index (κ3) is 2.84. The van der Waals surface area contributed by atoms with Crippen LogP contribution in [-0.4, -0.2) is 34.9 Å². The van der Waals surface area contributed by atoms with Gasteiger partial charge in [-0.2, -0.15) is 0 Å². The van der Waals surface area contributed by atoms with Gasteiger partial charge >= 0.3 is 0 Å². The van der Waals surface area contributed by atoms with Crippen molar-refractivity contribution in [2.45, 2.75) is 26.7 Å². The summed E-state index contributed by atoms with van der Waals surface area (Å²) in [6.07, 6.45) is 0. The lowest BCUT2D eigenvalue weighted by molar-refractivity contribution is -0.130. The summed E-state index contributed by atoms with van der Waals surface area (Å²) in [5.41, 5.74) is 0.675. The van der Waals surface area contributed by atoms with Gasteiger partial charge in [-0.15, -0.1) is 0 Å². The Bertz CT molecular complexity index is 529. The van der Waals surface area contributed by atoms with Crippen LogP contribution in [0.15, 0.2) is 0 Å². The fraction of sp³-hybridized carbons (Fsp3) is 0.500. The number of hydrogen-bond acceptors (Lipinski definition) is 5. The van der Waals surface area contributed by atoms with Crippen LogP contribution in [0.2, 0.25) is 5.15 Å². The maximum atomic E-state index is 11.4. The van der Waals surface area contributed by atoms with Crippen molar-refractivity contribution in [3.05, 3.63) is 16.5 Å². The first-order valence-corrected chi connectivity index (χ1v) is 6.38. The summed E-state index contributed by atoms with van der Waals surface area (Å²) in [5, 5.41) is 2.61. The van der Waals surface area contributed by atoms with E-state index in [0.29, 0.717) is 22.4 Å². The van der Waals surface area contributed by atoms with Crippen LogP contribution in [0.25, 0.3) is 0 Å². The summed E-state index contributed by atoms with van der Waals surface area (Å²) >= 11 is 6.09. The number of halogens is 1. The lowest BCUT2D eigenvalue weighted by Gasteiger charge is -2.28. The molecule has 1 N–H and O–H groups in total. The first-order chi connectivity index (χ1) is 8.88. The molecule has 1 fully saturated rings. The Morgan fingerprint density at radius 3 is 2.32 bits per heavy atom. The monoisotopic (exact) mass is 282 g/mol. The second kappa shape index (κ2) is 5.13. The number of imide groups is 1. The number of carbonyl (C=O) groups excluding carboxylic acids is 2. The fourth-order valence-electron chi connectivity index (χ4n) is 1.85. The van der Waals surface area contributed by atoms with Gasteiger partial charge in [0.1, 0.15) is 16.8 Å². The van der Waals surface area contributed by atoms with Crippen molar-refractivity contribution < 1.29 is 9.59 Å². The van der Waals surface area contributed by atoms with Crippen LogP contribution in [0.4, 0.5) is 5.82 Å². The molecule has 0 bridgehead atoms. The number of carbonyl (C=O) groups is 2. The summed E-state index contributed by atoms with van der Waals surface area (Å²) in [6, 6.07) is 0. The molecule has 7 heteroatoms. The molecule has 1 aliphatic heterocycles. The Morgan fingerprint density at radius 2 is 1.79 bits per heavy atom. The summed E-state index contributed by atoms with van der Waals surface area (Å²) in [7, 11) is 0. The van der Waals surface area contributed by atoms with Crippen molar-refractivity contribution in [2.24, 2.45) is 0 Å². The molecule has 0 radical (unpaired) electrons. The van der Waals surface area contributed by atoms with Gasteiger partial charge in [-0.1, -0.05) is 25.4 Å². The van der Waals surface area contributed by atoms with E-state index in [2.05, 4.69) is 15.3 Å². The largest absolute Gasteiger partial charge is 0.338 e. The Morgan fingerprint density at radius 1 is 1.21 bits per heavy atom. The van der Waals surface area contributed by atoms with Gasteiger partial charge in [0, 0.05) is 11.5 Å². The predicted octanol–water partition coefficient (Wildman–Crippen LogP) is 1.02. The van der Waals surface area contributed by atoms with Crippen LogP contribution >= 0.6 is 11.6 Å². The highest BCUT2D eigenvalue weighted by molar-refractivity contribution is 6.30. The number of aromatic nitrogens is 2. The summed E-state index contributed by atoms with van der Waals surface area (Å²) in [6.45, 7) is 5.88. The Kier molecular flexibility index (Phi) is 3.71. The molecule has 2 amide bonds. The summed E-state index contributed by atoms with van der Waals surface area (Å²) in [4.78, 5) is 33.1. The minimum Gasteiger partial charge on any atom is -0.338 e. The van der Waals surface area contributed by atoms with Crippen LogP contribution in [-0.2, 0) is 9.59 Å². The second-order valence-corrected chi connectivity index (χ2v) is 5.16. The normalized spacial score (nSPS) is 15.9. The average Bonchev–Trinajstić information content (AvgIpc) is 2.30. The maximum absolute atomic E-state index is 11.4. The van der Waals surface area contributed by atoms with Gasteiger partial charge in [-0.05, 0) is 6.92 Å². The van der Waals surface area contributed by atoms with E-state index in [9.17, 15) is 9.59 Å². The van der Waals surface area contributed by atoms with Crippen LogP contribution < -0.4 is 10.2 Å². The number of nitrogens with zero attached hydrogens (tertiary/aromatic N) is 3.